The van der Waals surface area contributed by atoms with Gasteiger partial charge in [0.05, 0.1) is 23.0 Å². The summed E-state index contributed by atoms with van der Waals surface area (Å²) >= 11 is 0. The fraction of sp³-hybridized carbons (Fsp3) is 0.217. The summed E-state index contributed by atoms with van der Waals surface area (Å²) in [6.07, 6.45) is 3.59. The number of nitrogens with zero attached hydrogens (tertiary/aromatic N) is 5. The third-order valence-corrected chi connectivity index (χ3v) is 5.86. The summed E-state index contributed by atoms with van der Waals surface area (Å²) in [6, 6.07) is 6.94. The first-order chi connectivity index (χ1) is 15.3. The van der Waals surface area contributed by atoms with E-state index in [2.05, 4.69) is 15.1 Å². The van der Waals surface area contributed by atoms with Gasteiger partial charge in [-0.05, 0) is 43.7 Å². The summed E-state index contributed by atoms with van der Waals surface area (Å²) in [5.41, 5.74) is 3.15. The molecule has 1 aromatic carbocycles. The molecule has 0 saturated heterocycles. The van der Waals surface area contributed by atoms with Crippen molar-refractivity contribution in [1.29, 1.82) is 0 Å². The van der Waals surface area contributed by atoms with Gasteiger partial charge in [0.2, 0.25) is 0 Å². The maximum atomic E-state index is 13.8. The van der Waals surface area contributed by atoms with Crippen molar-refractivity contribution in [3.63, 3.8) is 0 Å². The fourth-order valence-corrected chi connectivity index (χ4v) is 4.32. The number of carbonyl (C=O) groups excluding carboxylic acids is 1. The lowest BCUT2D eigenvalue weighted by atomic mass is 9.95. The Labute approximate surface area is 181 Å². The molecule has 6 nitrogen and oxygen atoms in total. The highest BCUT2D eigenvalue weighted by Gasteiger charge is 2.33. The fourth-order valence-electron chi connectivity index (χ4n) is 4.32. The van der Waals surface area contributed by atoms with E-state index in [0.717, 1.165) is 23.1 Å². The molecule has 1 aliphatic heterocycles. The summed E-state index contributed by atoms with van der Waals surface area (Å²) in [5.74, 6) is -4.20. The van der Waals surface area contributed by atoms with Gasteiger partial charge in [-0.1, -0.05) is 0 Å². The normalized spacial score (nSPS) is 15.8. The van der Waals surface area contributed by atoms with Gasteiger partial charge in [-0.2, -0.15) is 5.10 Å². The number of amides is 1. The average molecular weight is 437 g/mol. The Morgan fingerprint density at radius 3 is 2.62 bits per heavy atom. The Bertz CT molecular complexity index is 1360. The first-order valence-electron chi connectivity index (χ1n) is 10.1. The molecule has 0 aliphatic carbocycles. The van der Waals surface area contributed by atoms with Crippen LogP contribution in [0.25, 0.3) is 22.3 Å². The van der Waals surface area contributed by atoms with Gasteiger partial charge < -0.3 is 4.90 Å². The van der Waals surface area contributed by atoms with Crippen molar-refractivity contribution in [2.24, 2.45) is 7.05 Å². The van der Waals surface area contributed by atoms with Crippen molar-refractivity contribution in [3.8, 4) is 11.3 Å². The van der Waals surface area contributed by atoms with Crippen LogP contribution in [0.4, 0.5) is 13.2 Å². The van der Waals surface area contributed by atoms with Gasteiger partial charge in [0.25, 0.3) is 5.91 Å². The lowest BCUT2D eigenvalue weighted by Crippen LogP contribution is -2.39. The van der Waals surface area contributed by atoms with E-state index in [9.17, 15) is 18.0 Å². The Hall–Kier alpha value is -3.75. The molecule has 4 heterocycles. The maximum absolute atomic E-state index is 13.8. The smallest absolute Gasteiger partial charge is 0.256 e. The molecule has 0 unspecified atom stereocenters. The molecule has 0 N–H and O–H groups in total. The van der Waals surface area contributed by atoms with Gasteiger partial charge in [0, 0.05) is 42.5 Å². The molecule has 1 atom stereocenters. The van der Waals surface area contributed by atoms with Crippen LogP contribution in [0.15, 0.2) is 42.7 Å². The molecule has 4 aromatic rings. The third kappa shape index (κ3) is 3.12. The van der Waals surface area contributed by atoms with Gasteiger partial charge in [0.15, 0.2) is 23.1 Å². The number of rotatable bonds is 2. The zero-order valence-electron chi connectivity index (χ0n) is 17.3. The highest BCUT2D eigenvalue weighted by atomic mass is 19.2. The van der Waals surface area contributed by atoms with Crippen molar-refractivity contribution >= 4 is 16.9 Å². The molecule has 0 bridgehead atoms. The van der Waals surface area contributed by atoms with Crippen molar-refractivity contribution in [1.82, 2.24) is 24.6 Å². The quantitative estimate of drug-likeness (QED) is 0.441. The van der Waals surface area contributed by atoms with Crippen molar-refractivity contribution in [2.75, 3.05) is 6.54 Å². The molecule has 0 spiro atoms. The molecule has 3 aromatic heterocycles. The Balaban J connectivity index is 1.51. The molecule has 5 rings (SSSR count). The molecule has 32 heavy (non-hydrogen) atoms. The van der Waals surface area contributed by atoms with Gasteiger partial charge in [-0.25, -0.2) is 23.1 Å². The number of aryl methyl sites for hydroxylation is 1. The minimum absolute atomic E-state index is 0.188. The standard InChI is InChI=1S/C23H18F3N5O/c1-12-20-16(21(30(2)29-20)14-9-17(24)19(26)18(25)10-14)5-7-31(12)23(32)15-8-13-4-3-6-27-22(13)28-11-15/h3-4,6,8-12H,5,7H2,1-2H3/t12-/m0/s1. The van der Waals surface area contributed by atoms with Gasteiger partial charge >= 0.3 is 0 Å². The molecule has 0 radical (unpaired) electrons. The van der Waals surface area contributed by atoms with E-state index >= 15 is 0 Å². The Morgan fingerprint density at radius 1 is 1.12 bits per heavy atom. The highest BCUT2D eigenvalue weighted by molar-refractivity contribution is 5.97. The van der Waals surface area contributed by atoms with Crippen LogP contribution in [0.2, 0.25) is 0 Å². The molecule has 1 aliphatic rings. The Kier molecular flexibility index (Phi) is 4.69. The van der Waals surface area contributed by atoms with Crippen LogP contribution >= 0.6 is 0 Å². The number of benzene rings is 1. The van der Waals surface area contributed by atoms with E-state index in [-0.39, 0.29) is 17.5 Å². The topological polar surface area (TPSA) is 63.9 Å². The molecule has 1 amide bonds. The summed E-state index contributed by atoms with van der Waals surface area (Å²) in [5, 5.41) is 5.29. The second-order valence-corrected chi connectivity index (χ2v) is 7.79. The van der Waals surface area contributed by atoms with Crippen molar-refractivity contribution in [2.45, 2.75) is 19.4 Å². The zero-order valence-corrected chi connectivity index (χ0v) is 17.3. The van der Waals surface area contributed by atoms with Crippen LogP contribution in [0.5, 0.6) is 0 Å². The number of pyridine rings is 2. The molecule has 162 valence electrons. The van der Waals surface area contributed by atoms with Gasteiger partial charge in [-0.15, -0.1) is 0 Å². The van der Waals surface area contributed by atoms with Crippen LogP contribution in [-0.4, -0.2) is 37.1 Å². The molecule has 0 fully saturated rings. The summed E-state index contributed by atoms with van der Waals surface area (Å²) < 4.78 is 42.6. The van der Waals surface area contributed by atoms with Gasteiger partial charge in [0.1, 0.15) is 0 Å². The van der Waals surface area contributed by atoms with E-state index < -0.39 is 17.5 Å². The van der Waals surface area contributed by atoms with E-state index in [1.165, 1.54) is 10.9 Å². The Morgan fingerprint density at radius 2 is 1.88 bits per heavy atom. The van der Waals surface area contributed by atoms with E-state index in [1.54, 1.807) is 30.3 Å². The second-order valence-electron chi connectivity index (χ2n) is 7.79. The molecular formula is C23H18F3N5O. The predicted octanol–water partition coefficient (Wildman–Crippen LogP) is 4.21. The maximum Gasteiger partial charge on any atom is 0.256 e. The van der Waals surface area contributed by atoms with Gasteiger partial charge in [-0.3, -0.25) is 9.48 Å². The van der Waals surface area contributed by atoms with Crippen molar-refractivity contribution in [3.05, 3.63) is 77.0 Å². The third-order valence-electron chi connectivity index (χ3n) is 5.86. The van der Waals surface area contributed by atoms with Crippen LogP contribution in [0.3, 0.4) is 0 Å². The molecule has 9 heteroatoms. The van der Waals surface area contributed by atoms with Crippen LogP contribution in [-0.2, 0) is 13.5 Å². The largest absolute Gasteiger partial charge is 0.330 e. The van der Waals surface area contributed by atoms with Crippen LogP contribution in [0, 0.1) is 17.5 Å². The van der Waals surface area contributed by atoms with Crippen LogP contribution < -0.4 is 0 Å². The average Bonchev–Trinajstić information content (AvgIpc) is 3.13. The second kappa shape index (κ2) is 7.44. The van der Waals surface area contributed by atoms with Crippen LogP contribution in [0.1, 0.15) is 34.6 Å². The SMILES string of the molecule is C[C@H]1c2nn(C)c(-c3cc(F)c(F)c(F)c3)c2CCN1C(=O)c1cnc2ncccc2c1. The minimum Gasteiger partial charge on any atom is -0.330 e. The summed E-state index contributed by atoms with van der Waals surface area (Å²) in [4.78, 5) is 23.4. The zero-order chi connectivity index (χ0) is 22.6. The summed E-state index contributed by atoms with van der Waals surface area (Å²) in [6.45, 7) is 2.25. The first kappa shape index (κ1) is 20.2. The number of halogens is 3. The number of carbonyl (C=O) groups is 1. The van der Waals surface area contributed by atoms with E-state index in [4.69, 9.17) is 0 Å². The van der Waals surface area contributed by atoms with Crippen molar-refractivity contribution < 1.29 is 18.0 Å². The first-order valence-corrected chi connectivity index (χ1v) is 10.1. The lowest BCUT2D eigenvalue weighted by molar-refractivity contribution is 0.0673. The van der Waals surface area contributed by atoms with E-state index in [1.807, 2.05) is 13.0 Å². The highest BCUT2D eigenvalue weighted by Crippen LogP contribution is 2.36. The molecule has 0 saturated carbocycles. The molecular weight excluding hydrogens is 419 g/mol. The number of hydrogen-bond acceptors (Lipinski definition) is 4. The number of aromatic nitrogens is 4. The monoisotopic (exact) mass is 437 g/mol. The summed E-state index contributed by atoms with van der Waals surface area (Å²) in [7, 11) is 1.66. The van der Waals surface area contributed by atoms with E-state index in [0.29, 0.717) is 35.6 Å². The minimum atomic E-state index is -1.51. The number of fused-ring (bicyclic) bond motifs is 2. The predicted molar refractivity (Wildman–Crippen MR) is 111 cm³/mol. The lowest BCUT2D eigenvalue weighted by Gasteiger charge is -2.33. The number of hydrogen-bond donors (Lipinski definition) is 0.